The number of piperidine rings is 1. The standard InChI is InChI=1S/C25H25F3N4O3S/c1-14-9-20(24-31-22(13-36-24)25(26,27)28)21(12-29-14)19-10-17(15(2)34-16(3)33)11-30-23(19)35-18-5-7-32(4)8-6-18/h9-13,18H,2,5-8H2,1,3-4H3. The smallest absolute Gasteiger partial charge is 0.434 e. The molecule has 0 saturated carbocycles. The van der Waals surface area contributed by atoms with Crippen LogP contribution in [-0.2, 0) is 15.7 Å². The van der Waals surface area contributed by atoms with Crippen molar-refractivity contribution < 1.29 is 27.4 Å². The van der Waals surface area contributed by atoms with Gasteiger partial charge in [-0.15, -0.1) is 11.3 Å². The van der Waals surface area contributed by atoms with Gasteiger partial charge in [-0.05, 0) is 38.9 Å². The largest absolute Gasteiger partial charge is 0.474 e. The van der Waals surface area contributed by atoms with Gasteiger partial charge in [0.1, 0.15) is 16.9 Å². The van der Waals surface area contributed by atoms with Crippen LogP contribution in [0.25, 0.3) is 27.5 Å². The van der Waals surface area contributed by atoms with E-state index in [9.17, 15) is 18.0 Å². The second-order valence-electron chi connectivity index (χ2n) is 8.62. The summed E-state index contributed by atoms with van der Waals surface area (Å²) in [7, 11) is 2.04. The van der Waals surface area contributed by atoms with Crippen molar-refractivity contribution in [1.29, 1.82) is 0 Å². The molecule has 0 atom stereocenters. The number of esters is 1. The summed E-state index contributed by atoms with van der Waals surface area (Å²) in [4.78, 5) is 26.4. The number of nitrogens with zero attached hydrogens (tertiary/aromatic N) is 4. The SMILES string of the molecule is C=C(OC(C)=O)c1cnc(OC2CCN(C)CC2)c(-c2cnc(C)cc2-c2nc(C(F)(F)F)cs2)c1. The Kier molecular flexibility index (Phi) is 7.41. The van der Waals surface area contributed by atoms with E-state index < -0.39 is 17.8 Å². The molecule has 0 spiro atoms. The molecule has 0 N–H and O–H groups in total. The first kappa shape index (κ1) is 25.8. The van der Waals surface area contributed by atoms with Crippen molar-refractivity contribution in [3.63, 3.8) is 0 Å². The molecule has 3 aromatic heterocycles. The molecule has 0 radical (unpaired) electrons. The summed E-state index contributed by atoms with van der Waals surface area (Å²) in [6.45, 7) is 8.56. The first-order valence-corrected chi connectivity index (χ1v) is 12.1. The molecule has 4 heterocycles. The zero-order chi connectivity index (χ0) is 26.0. The molecule has 7 nitrogen and oxygen atoms in total. The first-order chi connectivity index (χ1) is 17.0. The van der Waals surface area contributed by atoms with Crippen molar-refractivity contribution in [3.05, 3.63) is 53.4 Å². The number of rotatable bonds is 6. The van der Waals surface area contributed by atoms with E-state index in [4.69, 9.17) is 9.47 Å². The van der Waals surface area contributed by atoms with Gasteiger partial charge in [-0.2, -0.15) is 13.2 Å². The molecular formula is C25H25F3N4O3S. The Hall–Kier alpha value is -3.31. The summed E-state index contributed by atoms with van der Waals surface area (Å²) in [6, 6.07) is 3.37. The molecule has 0 aliphatic carbocycles. The van der Waals surface area contributed by atoms with Crippen molar-refractivity contribution in [1.82, 2.24) is 19.9 Å². The topological polar surface area (TPSA) is 77.4 Å². The zero-order valence-electron chi connectivity index (χ0n) is 20.1. The number of likely N-dealkylation sites (tertiary alicyclic amines) is 1. The van der Waals surface area contributed by atoms with Crippen LogP contribution in [0.1, 0.15) is 36.7 Å². The lowest BCUT2D eigenvalue weighted by molar-refractivity contribution is -0.140. The maximum absolute atomic E-state index is 13.3. The van der Waals surface area contributed by atoms with E-state index in [-0.39, 0.29) is 16.9 Å². The summed E-state index contributed by atoms with van der Waals surface area (Å²) in [5.74, 6) is -0.130. The number of alkyl halides is 3. The number of carbonyl (C=O) groups excluding carboxylic acids is 1. The fraction of sp³-hybridized carbons (Fsp3) is 0.360. The normalized spacial score (nSPS) is 15.1. The number of aromatic nitrogens is 3. The van der Waals surface area contributed by atoms with Crippen molar-refractivity contribution in [3.8, 4) is 27.6 Å². The van der Waals surface area contributed by atoms with E-state index >= 15 is 0 Å². The molecule has 0 bridgehead atoms. The highest BCUT2D eigenvalue weighted by atomic mass is 32.1. The van der Waals surface area contributed by atoms with Crippen molar-refractivity contribution in [2.45, 2.75) is 39.0 Å². The number of aryl methyl sites for hydroxylation is 1. The number of hydrogen-bond acceptors (Lipinski definition) is 8. The van der Waals surface area contributed by atoms with Gasteiger partial charge in [-0.25, -0.2) is 9.97 Å². The first-order valence-electron chi connectivity index (χ1n) is 11.2. The highest BCUT2D eigenvalue weighted by Crippen LogP contribution is 2.41. The lowest BCUT2D eigenvalue weighted by Gasteiger charge is -2.29. The van der Waals surface area contributed by atoms with Crippen LogP contribution in [0.5, 0.6) is 5.88 Å². The summed E-state index contributed by atoms with van der Waals surface area (Å²) < 4.78 is 51.2. The average Bonchev–Trinajstić information content (AvgIpc) is 3.31. The quantitative estimate of drug-likeness (QED) is 0.310. The Labute approximate surface area is 210 Å². The van der Waals surface area contributed by atoms with Crippen LogP contribution in [-0.4, -0.2) is 52.1 Å². The third-order valence-corrected chi connectivity index (χ3v) is 6.62. The molecule has 1 aliphatic rings. The second kappa shape index (κ2) is 10.4. The number of hydrogen-bond donors (Lipinski definition) is 0. The molecule has 190 valence electrons. The van der Waals surface area contributed by atoms with Gasteiger partial charge < -0.3 is 14.4 Å². The van der Waals surface area contributed by atoms with Gasteiger partial charge in [-0.3, -0.25) is 9.78 Å². The molecule has 36 heavy (non-hydrogen) atoms. The minimum atomic E-state index is -4.55. The lowest BCUT2D eigenvalue weighted by Crippen LogP contribution is -2.35. The summed E-state index contributed by atoms with van der Waals surface area (Å²) in [6.07, 6.45) is 0.0399. The van der Waals surface area contributed by atoms with Gasteiger partial charge >= 0.3 is 12.1 Å². The monoisotopic (exact) mass is 518 g/mol. The zero-order valence-corrected chi connectivity index (χ0v) is 20.9. The van der Waals surface area contributed by atoms with Gasteiger partial charge in [0, 0.05) is 65.7 Å². The molecule has 1 aliphatic heterocycles. The third kappa shape index (κ3) is 5.90. The van der Waals surface area contributed by atoms with Crippen LogP contribution in [0.2, 0.25) is 0 Å². The molecule has 0 aromatic carbocycles. The van der Waals surface area contributed by atoms with Gasteiger partial charge in [0.15, 0.2) is 5.69 Å². The number of halogens is 3. The Morgan fingerprint density at radius 1 is 1.14 bits per heavy atom. The van der Waals surface area contributed by atoms with Crippen LogP contribution in [0.4, 0.5) is 13.2 Å². The minimum Gasteiger partial charge on any atom is -0.474 e. The van der Waals surface area contributed by atoms with Crippen LogP contribution in [0.3, 0.4) is 0 Å². The van der Waals surface area contributed by atoms with Gasteiger partial charge in [0.25, 0.3) is 0 Å². The van der Waals surface area contributed by atoms with Crippen molar-refractivity contribution in [2.24, 2.45) is 0 Å². The van der Waals surface area contributed by atoms with Crippen LogP contribution in [0, 0.1) is 6.92 Å². The maximum Gasteiger partial charge on any atom is 0.434 e. The number of thiazole rings is 1. The van der Waals surface area contributed by atoms with E-state index in [1.54, 1.807) is 25.3 Å². The molecule has 1 fully saturated rings. The number of pyridine rings is 2. The molecule has 11 heteroatoms. The fourth-order valence-electron chi connectivity index (χ4n) is 3.86. The van der Waals surface area contributed by atoms with E-state index in [2.05, 4.69) is 26.4 Å². The Bertz CT molecular complexity index is 1280. The number of ether oxygens (including phenoxy) is 2. The van der Waals surface area contributed by atoms with Gasteiger partial charge in [0.05, 0.1) is 0 Å². The van der Waals surface area contributed by atoms with Gasteiger partial charge in [0.2, 0.25) is 5.88 Å². The molecule has 0 amide bonds. The summed E-state index contributed by atoms with van der Waals surface area (Å²) in [5.41, 5.74) is 1.54. The lowest BCUT2D eigenvalue weighted by atomic mass is 10.0. The predicted octanol–water partition coefficient (Wildman–Crippen LogP) is 5.60. The second-order valence-corrected chi connectivity index (χ2v) is 9.48. The van der Waals surface area contributed by atoms with Crippen LogP contribution < -0.4 is 4.74 Å². The highest BCUT2D eigenvalue weighted by Gasteiger charge is 2.34. The van der Waals surface area contributed by atoms with E-state index in [1.807, 2.05) is 7.05 Å². The minimum absolute atomic E-state index is 0.0754. The van der Waals surface area contributed by atoms with Gasteiger partial charge in [-0.1, -0.05) is 6.58 Å². The number of carbonyl (C=O) groups is 1. The van der Waals surface area contributed by atoms with Crippen LogP contribution in [0.15, 0.2) is 36.5 Å². The summed E-state index contributed by atoms with van der Waals surface area (Å²) in [5, 5.41) is 1.18. The Balaban J connectivity index is 1.82. The molecule has 4 rings (SSSR count). The molecule has 3 aromatic rings. The van der Waals surface area contributed by atoms with E-state index in [0.29, 0.717) is 33.8 Å². The van der Waals surface area contributed by atoms with E-state index in [0.717, 1.165) is 42.6 Å². The van der Waals surface area contributed by atoms with Crippen molar-refractivity contribution in [2.75, 3.05) is 20.1 Å². The van der Waals surface area contributed by atoms with Crippen molar-refractivity contribution >= 4 is 23.1 Å². The third-order valence-electron chi connectivity index (χ3n) is 5.74. The van der Waals surface area contributed by atoms with Crippen LogP contribution >= 0.6 is 11.3 Å². The fourth-order valence-corrected chi connectivity index (χ4v) is 4.72. The summed E-state index contributed by atoms with van der Waals surface area (Å²) >= 11 is 0.895. The Morgan fingerprint density at radius 2 is 1.86 bits per heavy atom. The Morgan fingerprint density at radius 3 is 2.50 bits per heavy atom. The molecular weight excluding hydrogens is 493 g/mol. The van der Waals surface area contributed by atoms with E-state index in [1.165, 1.54) is 13.1 Å². The predicted molar refractivity (Wildman–Crippen MR) is 130 cm³/mol. The average molecular weight is 519 g/mol. The molecule has 1 saturated heterocycles. The highest BCUT2D eigenvalue weighted by molar-refractivity contribution is 7.13. The maximum atomic E-state index is 13.3. The molecule has 0 unspecified atom stereocenters.